The number of ether oxygens (including phenoxy) is 2. The van der Waals surface area contributed by atoms with E-state index in [0.717, 1.165) is 131 Å². The molecule has 0 unspecified atom stereocenters. The number of para-hydroxylation sites is 14. The first-order valence-corrected chi connectivity index (χ1v) is 46.6. The predicted molar refractivity (Wildman–Crippen MR) is 567 cm³/mol. The molecule has 30 heteroatoms. The summed E-state index contributed by atoms with van der Waals surface area (Å²) in [5.74, 6) is 8.53. The predicted octanol–water partition coefficient (Wildman–Crippen LogP) is 25.4. The Morgan fingerprint density at radius 2 is 0.581 bits per heavy atom. The second kappa shape index (κ2) is 43.0. The van der Waals surface area contributed by atoms with Gasteiger partial charge in [0.25, 0.3) is 0 Å². The maximum atomic E-state index is 11.7. The second-order valence-electron chi connectivity index (χ2n) is 34.5. The van der Waals surface area contributed by atoms with Gasteiger partial charge in [0, 0.05) is 91.4 Å². The Morgan fingerprint density at radius 1 is 0.264 bits per heavy atom. The van der Waals surface area contributed by atoms with E-state index in [4.69, 9.17) is 39.4 Å². The number of nitrogens with zero attached hydrogens (tertiary/aromatic N) is 20. The van der Waals surface area contributed by atoms with Crippen molar-refractivity contribution in [3.8, 4) is 114 Å². The van der Waals surface area contributed by atoms with E-state index in [-0.39, 0.29) is 107 Å². The Hall–Kier alpha value is -16.5. The van der Waals surface area contributed by atoms with Gasteiger partial charge < -0.3 is 87.4 Å². The van der Waals surface area contributed by atoms with Crippen molar-refractivity contribution in [3.05, 3.63) is 439 Å². The van der Waals surface area contributed by atoms with Crippen LogP contribution in [0.4, 0.5) is 68.8 Å². The summed E-state index contributed by atoms with van der Waals surface area (Å²) in [5.41, 5.74) is 21.7. The van der Waals surface area contributed by atoms with Crippen molar-refractivity contribution in [3.63, 3.8) is 0 Å². The van der Waals surface area contributed by atoms with E-state index in [1.165, 1.54) is 0 Å². The van der Waals surface area contributed by atoms with E-state index in [0.29, 0.717) is 85.0 Å². The number of aromatic nitrogens is 12. The summed E-state index contributed by atoms with van der Waals surface area (Å²) in [7, 11) is 8.07. The third kappa shape index (κ3) is 19.2. The number of benzene rings is 14. The first kappa shape index (κ1) is 100. The molecule has 0 fully saturated rings. The third-order valence-electron chi connectivity index (χ3n) is 25.3. The van der Waals surface area contributed by atoms with Gasteiger partial charge in [-0.3, -0.25) is 9.97 Å². The van der Waals surface area contributed by atoms with Crippen molar-refractivity contribution in [1.29, 1.82) is 0 Å². The van der Waals surface area contributed by atoms with E-state index in [2.05, 4.69) is 112 Å². The topological polar surface area (TPSA) is 248 Å². The molecule has 8 aromatic heterocycles. The van der Waals surface area contributed by atoms with Crippen LogP contribution in [-0.4, -0.2) is 107 Å². The van der Waals surface area contributed by atoms with Crippen LogP contribution >= 0.6 is 0 Å². The van der Waals surface area contributed by atoms with Crippen molar-refractivity contribution in [2.45, 2.75) is 13.8 Å². The summed E-state index contributed by atoms with van der Waals surface area (Å²) in [5, 5.41) is 44.2. The molecule has 4 N–H and O–H groups in total. The zero-order valence-electron chi connectivity index (χ0n) is 79.9. The van der Waals surface area contributed by atoms with Crippen molar-refractivity contribution >= 4 is 113 Å². The molecule has 736 valence electrons. The van der Waals surface area contributed by atoms with Crippen LogP contribution in [0.1, 0.15) is 11.6 Å². The number of phenolic OH excluding ortho intramolecular Hbond substituents is 4. The quantitative estimate of drug-likeness (QED) is 0.0657. The van der Waals surface area contributed by atoms with Gasteiger partial charge in [-0.05, 0) is 198 Å². The summed E-state index contributed by atoms with van der Waals surface area (Å²) in [6.45, 7) is 11.9. The molecule has 12 heterocycles. The number of anilines is 12. The Kier molecular flexibility index (Phi) is 29.1. The fraction of sp³-hybridized carbons (Fsp3) is 0.0508. The Bertz CT molecular complexity index is 8620. The molecule has 0 bridgehead atoms. The molecule has 0 spiro atoms. The number of phenols is 4. The number of hydrogen-bond acceptors (Lipinski definition) is 22. The number of pyridine rings is 4. The van der Waals surface area contributed by atoms with Crippen molar-refractivity contribution < 1.29 is 114 Å². The molecular weight excluding hydrogens is 2570 g/mol. The standard InChI is InChI=1S/C32H23N5O2.C32H23N5O.C27H21N5O2.C27H21N5O.4Pt/c1-35-21-36(26-13-6-5-12-25(26)35)30-16-9-17-31(34-30)39-23-18-19-24-28(20-23)37(27-14-7-8-15-29(27)38)32(33-24)22-10-3-2-4-11-22;1-35-21-36(28-17-9-8-16-27(28)35)29-18-10-15-25(33-29)24-19-20-26-30(31(24)38)37(23-13-6-3-7-14-23)32(34-26)22-11-4-2-5-12-22;1-18-28-20-15-14-19(16-24(20)32(18)23-10-5-6-11-25(23)33)34-27-13-7-12-26(29-27)31-17-30(2)21-8-3-4-9-22(21)31;1-18-28-22-16-15-20(27(33)26(22)32(18)19-9-4-3-5-10-19)21-11-8-14-25(29-21)31-17-30(2)23-12-6-7-13-24(23)31;;;;/h2-19,21,38H,1H3;2-13,15-21,38H,1H3;3-15,17,33H,1-2H3;3-9,11-17,33H,1-2H3;;;;/q4*-2;4*+2. The molecular formula is C118H88N20O6Pt4. The Balaban J connectivity index is 0.000000123. The fourth-order valence-corrected chi connectivity index (χ4v) is 18.6. The van der Waals surface area contributed by atoms with E-state index < -0.39 is 0 Å². The number of imidazole rings is 4. The van der Waals surface area contributed by atoms with Gasteiger partial charge in [0.05, 0.1) is 39.6 Å². The maximum Gasteiger partial charge on any atom is 2.00 e. The minimum atomic E-state index is 0. The number of fused-ring (bicyclic) bond motifs is 8. The van der Waals surface area contributed by atoms with Crippen LogP contribution in [0.5, 0.6) is 46.3 Å². The molecule has 4 aliphatic rings. The SMILES string of the molecule is CN1[CH-]N(c2cccc(-c3ccc4nc(-c5ccccc5)n(-c5[c-]cccc5)c4c3O)n2)c2ccccc21.CN1[CH-]N(c2cccc(Oc3[c-]c4c(cc3)nc(-c3ccccc3)n4-c3ccccc3O)n2)c2ccccc21.Cc1nc2ccc(-c3cccc(N4[CH-]N(C)c5ccccc54)n3)c(O)c2n1-c1[c-]cccc1.Cc1nc2ccc(Oc3cccc(N4[CH-]N(C)c5ccccc54)n3)[c-]c2n1-c1ccccc1O.[Pt+2].[Pt+2].[Pt+2].[Pt+2]. The zero-order chi connectivity index (χ0) is 97.7. The molecule has 22 aromatic rings. The average Bonchev–Trinajstić information content (AvgIpc) is 1.56. The van der Waals surface area contributed by atoms with Gasteiger partial charge in [0.15, 0.2) is 11.5 Å². The largest absolute Gasteiger partial charge is 2.00 e. The minimum Gasteiger partial charge on any atom is -0.506 e. The number of hydrogen-bond donors (Lipinski definition) is 4. The minimum absolute atomic E-state index is 0. The van der Waals surface area contributed by atoms with Crippen LogP contribution in [0.3, 0.4) is 0 Å². The molecule has 148 heavy (non-hydrogen) atoms. The number of aromatic hydroxyl groups is 4. The smallest absolute Gasteiger partial charge is 0.506 e. The van der Waals surface area contributed by atoms with Gasteiger partial charge in [-0.25, -0.2) is 19.9 Å². The van der Waals surface area contributed by atoms with Gasteiger partial charge in [-0.15, -0.1) is 75.2 Å². The van der Waals surface area contributed by atoms with E-state index >= 15 is 0 Å². The fourth-order valence-electron chi connectivity index (χ4n) is 18.6. The number of rotatable bonds is 16. The molecule has 4 aliphatic heterocycles. The van der Waals surface area contributed by atoms with Gasteiger partial charge in [-0.2, -0.15) is 58.5 Å². The van der Waals surface area contributed by atoms with Gasteiger partial charge in [0.1, 0.15) is 63.3 Å². The second-order valence-corrected chi connectivity index (χ2v) is 34.5. The molecule has 26 nitrogen and oxygen atoms in total. The van der Waals surface area contributed by atoms with E-state index in [9.17, 15) is 20.4 Å². The van der Waals surface area contributed by atoms with Crippen molar-refractivity contribution in [1.82, 2.24) is 58.1 Å². The summed E-state index contributed by atoms with van der Waals surface area (Å²) in [4.78, 5) is 54.9. The molecule has 0 atom stereocenters. The third-order valence-corrected chi connectivity index (χ3v) is 25.3. The van der Waals surface area contributed by atoms with Crippen LogP contribution in [0.25, 0.3) is 112 Å². The van der Waals surface area contributed by atoms with Gasteiger partial charge >= 0.3 is 84.3 Å². The van der Waals surface area contributed by atoms with Gasteiger partial charge in [0.2, 0.25) is 11.8 Å². The molecule has 0 saturated carbocycles. The summed E-state index contributed by atoms with van der Waals surface area (Å²) in [6, 6.07) is 134. The molecule has 0 radical (unpaired) electrons. The van der Waals surface area contributed by atoms with Crippen molar-refractivity contribution in [2.75, 3.05) is 67.4 Å². The molecule has 26 rings (SSSR count). The first-order chi connectivity index (χ1) is 70.5. The molecule has 0 amide bonds. The molecule has 14 aromatic carbocycles. The molecule has 0 saturated heterocycles. The number of aryl methyl sites for hydroxylation is 2. The van der Waals surface area contributed by atoms with E-state index in [1.807, 2.05) is 400 Å². The zero-order valence-corrected chi connectivity index (χ0v) is 89.0. The Labute approximate surface area is 911 Å². The summed E-state index contributed by atoms with van der Waals surface area (Å²) >= 11 is 0. The Morgan fingerprint density at radius 3 is 1.00 bits per heavy atom. The normalized spacial score (nSPS) is 12.5. The molecule has 0 aliphatic carbocycles. The van der Waals surface area contributed by atoms with Gasteiger partial charge in [-0.1, -0.05) is 169 Å². The van der Waals surface area contributed by atoms with E-state index in [1.54, 1.807) is 24.3 Å². The van der Waals surface area contributed by atoms with Crippen LogP contribution in [0.2, 0.25) is 0 Å². The summed E-state index contributed by atoms with van der Waals surface area (Å²) < 4.78 is 20.0. The average molecular weight is 2660 g/mol. The van der Waals surface area contributed by atoms with Crippen LogP contribution in [0.15, 0.2) is 376 Å². The monoisotopic (exact) mass is 2660 g/mol. The van der Waals surface area contributed by atoms with Crippen molar-refractivity contribution in [2.24, 2.45) is 0 Å². The maximum absolute atomic E-state index is 11.7. The van der Waals surface area contributed by atoms with Crippen LogP contribution in [-0.2, 0) is 84.3 Å². The van der Waals surface area contributed by atoms with Crippen LogP contribution in [0, 0.1) is 64.8 Å². The summed E-state index contributed by atoms with van der Waals surface area (Å²) in [6.07, 6.45) is 0. The van der Waals surface area contributed by atoms with Crippen LogP contribution < -0.4 is 48.7 Å². The first-order valence-electron chi connectivity index (χ1n) is 46.6.